The molecule has 7 heteroatoms. The van der Waals surface area contributed by atoms with Crippen LogP contribution in [0.1, 0.15) is 24.2 Å². The molecule has 0 bridgehead atoms. The summed E-state index contributed by atoms with van der Waals surface area (Å²) in [6.45, 7) is 2.29. The first-order chi connectivity index (χ1) is 10.5. The Morgan fingerprint density at radius 3 is 2.73 bits per heavy atom. The number of alkyl halides is 2. The predicted octanol–water partition coefficient (Wildman–Crippen LogP) is 3.17. The number of rotatable bonds is 6. The highest BCUT2D eigenvalue weighted by Crippen LogP contribution is 2.51. The lowest BCUT2D eigenvalue weighted by atomic mass is 10.2. The zero-order chi connectivity index (χ0) is 15.7. The summed E-state index contributed by atoms with van der Waals surface area (Å²) in [4.78, 5) is 0. The van der Waals surface area contributed by atoms with E-state index in [1.165, 1.54) is 11.8 Å². The fraction of sp³-hybridized carbons (Fsp3) is 0.467. The highest BCUT2D eigenvalue weighted by molar-refractivity contribution is 7.99. The fourth-order valence-electron chi connectivity index (χ4n) is 2.46. The Bertz CT molecular complexity index is 671. The molecule has 1 unspecified atom stereocenters. The first-order valence-corrected chi connectivity index (χ1v) is 8.22. The van der Waals surface area contributed by atoms with Gasteiger partial charge >= 0.3 is 0 Å². The Hall–Kier alpha value is -1.47. The van der Waals surface area contributed by atoms with Gasteiger partial charge in [0.2, 0.25) is 0 Å². The molecule has 0 radical (unpaired) electrons. The average molecular weight is 324 g/mol. The number of thioether (sulfide) groups is 1. The average Bonchev–Trinajstić information content (AvgIpc) is 2.93. The summed E-state index contributed by atoms with van der Waals surface area (Å²) >= 11 is 1.46. The van der Waals surface area contributed by atoms with Gasteiger partial charge in [0.25, 0.3) is 5.92 Å². The standard InChI is InChI=1S/C15H18F2N4S/c1-10-4-2-3-5-12(10)21-13(9-18)19-20-14(21)22-7-6-11-8-15(11,16)17/h2-5,11H,6-9,18H2,1H3. The Morgan fingerprint density at radius 1 is 1.36 bits per heavy atom. The van der Waals surface area contributed by atoms with Crippen molar-refractivity contribution in [3.63, 3.8) is 0 Å². The summed E-state index contributed by atoms with van der Waals surface area (Å²) in [6, 6.07) is 7.90. The summed E-state index contributed by atoms with van der Waals surface area (Å²) in [5.74, 6) is -1.64. The van der Waals surface area contributed by atoms with Crippen LogP contribution in [0.3, 0.4) is 0 Å². The van der Waals surface area contributed by atoms with Gasteiger partial charge in [0.1, 0.15) is 0 Å². The van der Waals surface area contributed by atoms with Crippen LogP contribution < -0.4 is 5.73 Å². The van der Waals surface area contributed by atoms with Gasteiger partial charge in [-0.05, 0) is 25.0 Å². The number of para-hydroxylation sites is 1. The maximum atomic E-state index is 12.9. The molecule has 2 aromatic rings. The zero-order valence-electron chi connectivity index (χ0n) is 12.3. The summed E-state index contributed by atoms with van der Waals surface area (Å²) in [6.07, 6.45) is 0.516. The van der Waals surface area contributed by atoms with Gasteiger partial charge in [-0.25, -0.2) is 8.78 Å². The fourth-order valence-corrected chi connectivity index (χ4v) is 3.47. The van der Waals surface area contributed by atoms with Crippen LogP contribution in [-0.2, 0) is 6.54 Å². The maximum absolute atomic E-state index is 12.9. The van der Waals surface area contributed by atoms with E-state index in [1.54, 1.807) is 0 Å². The third-order valence-corrected chi connectivity index (χ3v) is 4.85. The van der Waals surface area contributed by atoms with E-state index in [2.05, 4.69) is 10.2 Å². The van der Waals surface area contributed by atoms with Crippen molar-refractivity contribution in [1.29, 1.82) is 0 Å². The van der Waals surface area contributed by atoms with Crippen molar-refractivity contribution in [3.05, 3.63) is 35.7 Å². The minimum absolute atomic E-state index is 0.0199. The van der Waals surface area contributed by atoms with E-state index in [1.807, 2.05) is 35.8 Å². The molecule has 1 aromatic carbocycles. The van der Waals surface area contributed by atoms with E-state index < -0.39 is 11.8 Å². The minimum Gasteiger partial charge on any atom is -0.324 e. The SMILES string of the molecule is Cc1ccccc1-n1c(CN)nnc1SCCC1CC1(F)F. The normalized spacial score (nSPS) is 19.4. The molecule has 1 atom stereocenters. The van der Waals surface area contributed by atoms with Crippen LogP contribution in [0.2, 0.25) is 0 Å². The second-order valence-electron chi connectivity index (χ2n) is 5.52. The molecule has 118 valence electrons. The summed E-state index contributed by atoms with van der Waals surface area (Å²) in [5.41, 5.74) is 7.81. The van der Waals surface area contributed by atoms with Crippen molar-refractivity contribution in [2.75, 3.05) is 5.75 Å². The van der Waals surface area contributed by atoms with Gasteiger partial charge in [0.15, 0.2) is 11.0 Å². The molecule has 0 spiro atoms. The number of aromatic nitrogens is 3. The third-order valence-electron chi connectivity index (χ3n) is 3.89. The molecule has 4 nitrogen and oxygen atoms in total. The molecule has 1 aliphatic rings. The van der Waals surface area contributed by atoms with E-state index in [0.29, 0.717) is 23.2 Å². The van der Waals surface area contributed by atoms with E-state index in [9.17, 15) is 8.78 Å². The number of benzene rings is 1. The van der Waals surface area contributed by atoms with Crippen LogP contribution in [0, 0.1) is 12.8 Å². The van der Waals surface area contributed by atoms with Crippen molar-refractivity contribution in [2.45, 2.75) is 37.4 Å². The number of hydrogen-bond acceptors (Lipinski definition) is 4. The van der Waals surface area contributed by atoms with Crippen molar-refractivity contribution < 1.29 is 8.78 Å². The van der Waals surface area contributed by atoms with E-state index in [-0.39, 0.29) is 13.0 Å². The Balaban J connectivity index is 1.77. The third kappa shape index (κ3) is 3.01. The van der Waals surface area contributed by atoms with Crippen molar-refractivity contribution in [1.82, 2.24) is 14.8 Å². The lowest BCUT2D eigenvalue weighted by molar-refractivity contribution is 0.0983. The molecule has 1 aliphatic carbocycles. The number of aryl methyl sites for hydroxylation is 1. The van der Waals surface area contributed by atoms with Crippen LogP contribution in [0.15, 0.2) is 29.4 Å². The first-order valence-electron chi connectivity index (χ1n) is 7.24. The Morgan fingerprint density at radius 2 is 2.09 bits per heavy atom. The smallest absolute Gasteiger partial charge is 0.251 e. The monoisotopic (exact) mass is 324 g/mol. The highest BCUT2D eigenvalue weighted by Gasteiger charge is 2.55. The minimum atomic E-state index is -2.45. The lowest BCUT2D eigenvalue weighted by Gasteiger charge is -2.11. The van der Waals surface area contributed by atoms with Gasteiger partial charge in [0.05, 0.1) is 12.2 Å². The van der Waals surface area contributed by atoms with Gasteiger partial charge < -0.3 is 5.73 Å². The highest BCUT2D eigenvalue weighted by atomic mass is 32.2. The van der Waals surface area contributed by atoms with E-state index in [4.69, 9.17) is 5.73 Å². The maximum Gasteiger partial charge on any atom is 0.251 e. The van der Waals surface area contributed by atoms with Crippen LogP contribution in [0.25, 0.3) is 5.69 Å². The summed E-state index contributed by atoms with van der Waals surface area (Å²) < 4.78 is 27.8. The van der Waals surface area contributed by atoms with E-state index >= 15 is 0 Å². The molecule has 1 fully saturated rings. The van der Waals surface area contributed by atoms with Crippen LogP contribution in [-0.4, -0.2) is 26.4 Å². The lowest BCUT2D eigenvalue weighted by Crippen LogP contribution is -2.09. The number of nitrogens with zero attached hydrogens (tertiary/aromatic N) is 3. The topological polar surface area (TPSA) is 56.7 Å². The van der Waals surface area contributed by atoms with Gasteiger partial charge in [-0.1, -0.05) is 30.0 Å². The number of nitrogens with two attached hydrogens (primary N) is 1. The predicted molar refractivity (Wildman–Crippen MR) is 82.4 cm³/mol. The number of hydrogen-bond donors (Lipinski definition) is 1. The van der Waals surface area contributed by atoms with Crippen LogP contribution in [0.5, 0.6) is 0 Å². The summed E-state index contributed by atoms with van der Waals surface area (Å²) in [5, 5.41) is 8.99. The zero-order valence-corrected chi connectivity index (χ0v) is 13.1. The molecule has 1 aromatic heterocycles. The van der Waals surface area contributed by atoms with Crippen molar-refractivity contribution in [2.24, 2.45) is 11.7 Å². The van der Waals surface area contributed by atoms with Gasteiger partial charge in [-0.3, -0.25) is 4.57 Å². The molecule has 0 aliphatic heterocycles. The van der Waals surface area contributed by atoms with Crippen molar-refractivity contribution >= 4 is 11.8 Å². The Kier molecular flexibility index (Phi) is 4.18. The second kappa shape index (κ2) is 5.96. The Labute approximate surface area is 132 Å². The first kappa shape index (κ1) is 15.4. The largest absolute Gasteiger partial charge is 0.324 e. The molecule has 3 rings (SSSR count). The van der Waals surface area contributed by atoms with Gasteiger partial charge in [-0.2, -0.15) is 0 Å². The molecule has 0 amide bonds. The molecule has 2 N–H and O–H groups in total. The second-order valence-corrected chi connectivity index (χ2v) is 6.59. The molecular formula is C15H18F2N4S. The molecule has 0 saturated heterocycles. The van der Waals surface area contributed by atoms with Gasteiger partial charge in [-0.15, -0.1) is 10.2 Å². The molecule has 1 heterocycles. The quantitative estimate of drug-likeness (QED) is 0.829. The summed E-state index contributed by atoms with van der Waals surface area (Å²) in [7, 11) is 0. The van der Waals surface area contributed by atoms with Crippen molar-refractivity contribution in [3.8, 4) is 5.69 Å². The molecular weight excluding hydrogens is 306 g/mol. The number of halogens is 2. The molecule has 22 heavy (non-hydrogen) atoms. The van der Waals surface area contributed by atoms with Gasteiger partial charge in [0, 0.05) is 18.1 Å². The van der Waals surface area contributed by atoms with Crippen LogP contribution >= 0.6 is 11.8 Å². The van der Waals surface area contributed by atoms with E-state index in [0.717, 1.165) is 11.3 Å². The van der Waals surface area contributed by atoms with Crippen LogP contribution in [0.4, 0.5) is 8.78 Å². The molecule has 1 saturated carbocycles.